The molecule has 0 amide bonds. The number of hydrogen-bond donors (Lipinski definition) is 1. The Morgan fingerprint density at radius 2 is 1.67 bits per heavy atom. The third-order valence-electron chi connectivity index (χ3n) is 6.67. The van der Waals surface area contributed by atoms with Gasteiger partial charge in [-0.1, -0.05) is 11.6 Å². The van der Waals surface area contributed by atoms with Crippen molar-refractivity contribution in [3.63, 3.8) is 0 Å². The van der Waals surface area contributed by atoms with Crippen LogP contribution >= 0.6 is 12.4 Å². The lowest BCUT2D eigenvalue weighted by molar-refractivity contribution is 0.183. The molecular weight excluding hydrogens is 442 g/mol. The van der Waals surface area contributed by atoms with Gasteiger partial charge in [0.25, 0.3) is 0 Å². The Morgan fingerprint density at radius 1 is 0.970 bits per heavy atom. The summed E-state index contributed by atoms with van der Waals surface area (Å²) >= 11 is 0. The second kappa shape index (κ2) is 9.53. The Hall–Kier alpha value is -2.90. The first-order valence-corrected chi connectivity index (χ1v) is 11.1. The van der Waals surface area contributed by atoms with E-state index in [1.165, 1.54) is 19.3 Å². The summed E-state index contributed by atoms with van der Waals surface area (Å²) < 4.78 is 19.2. The van der Waals surface area contributed by atoms with Gasteiger partial charge in [-0.15, -0.1) is 12.4 Å². The van der Waals surface area contributed by atoms with Gasteiger partial charge >= 0.3 is 0 Å². The number of oxime groups is 1. The van der Waals surface area contributed by atoms with E-state index >= 15 is 0 Å². The van der Waals surface area contributed by atoms with Crippen LogP contribution in [-0.4, -0.2) is 60.8 Å². The fourth-order valence-electron chi connectivity index (χ4n) is 5.05. The molecule has 1 N–H and O–H groups in total. The molecule has 176 valence electrons. The van der Waals surface area contributed by atoms with Crippen molar-refractivity contribution in [1.29, 1.82) is 0 Å². The minimum atomic E-state index is 0. The van der Waals surface area contributed by atoms with Crippen molar-refractivity contribution >= 4 is 29.0 Å². The first kappa shape index (κ1) is 23.3. The number of likely N-dealkylation sites (tertiary alicyclic amines) is 1. The Labute approximate surface area is 199 Å². The molecule has 0 saturated carbocycles. The summed E-state index contributed by atoms with van der Waals surface area (Å²) in [6, 6.07) is 9.95. The average molecular weight is 472 g/mol. The second-order valence-corrected chi connectivity index (χ2v) is 8.41. The summed E-state index contributed by atoms with van der Waals surface area (Å²) in [5.41, 5.74) is 5.26. The Bertz CT molecular complexity index is 1200. The number of ether oxygens (including phenoxy) is 3. The van der Waals surface area contributed by atoms with Crippen LogP contribution in [-0.2, 0) is 7.05 Å². The molecule has 2 heterocycles. The molecule has 0 spiro atoms. The number of halogens is 1. The fraction of sp³-hybridized carbons (Fsp3) is 0.400. The molecule has 33 heavy (non-hydrogen) atoms. The van der Waals surface area contributed by atoms with E-state index in [0.29, 0.717) is 23.8 Å². The van der Waals surface area contributed by atoms with E-state index in [4.69, 9.17) is 14.2 Å². The van der Waals surface area contributed by atoms with E-state index in [0.717, 1.165) is 58.7 Å². The van der Waals surface area contributed by atoms with Crippen molar-refractivity contribution < 1.29 is 19.4 Å². The van der Waals surface area contributed by atoms with Gasteiger partial charge in [0, 0.05) is 41.2 Å². The molecule has 5 rings (SSSR count). The van der Waals surface area contributed by atoms with Crippen LogP contribution in [0.3, 0.4) is 0 Å². The van der Waals surface area contributed by atoms with Crippen molar-refractivity contribution in [3.05, 3.63) is 41.5 Å². The number of methoxy groups -OCH3 is 2. The van der Waals surface area contributed by atoms with Crippen LogP contribution < -0.4 is 14.2 Å². The molecule has 3 aromatic rings. The Balaban J connectivity index is 0.00000259. The van der Waals surface area contributed by atoms with E-state index < -0.39 is 0 Å². The second-order valence-electron chi connectivity index (χ2n) is 8.41. The fourth-order valence-corrected chi connectivity index (χ4v) is 5.05. The predicted octanol–water partition coefficient (Wildman–Crippen LogP) is 4.69. The van der Waals surface area contributed by atoms with Gasteiger partial charge < -0.3 is 24.0 Å². The topological polar surface area (TPSA) is 68.5 Å². The number of benzene rings is 2. The van der Waals surface area contributed by atoms with Crippen LogP contribution in [0.5, 0.6) is 17.2 Å². The van der Waals surface area contributed by atoms with Gasteiger partial charge in [-0.3, -0.25) is 4.90 Å². The van der Waals surface area contributed by atoms with Crippen LogP contribution in [0.2, 0.25) is 0 Å². The smallest absolute Gasteiger partial charge is 0.161 e. The number of fused-ring (bicyclic) bond motifs is 5. The molecule has 1 aliphatic carbocycles. The average Bonchev–Trinajstić information content (AvgIpc) is 3.30. The van der Waals surface area contributed by atoms with Crippen molar-refractivity contribution in [2.75, 3.05) is 40.5 Å². The summed E-state index contributed by atoms with van der Waals surface area (Å²) in [6.07, 6.45) is 3.89. The maximum atomic E-state index is 9.94. The lowest BCUT2D eigenvalue weighted by Gasteiger charge is -2.26. The van der Waals surface area contributed by atoms with Crippen LogP contribution in [0.15, 0.2) is 35.5 Å². The largest absolute Gasteiger partial charge is 0.493 e. The van der Waals surface area contributed by atoms with Crippen LogP contribution in [0.1, 0.15) is 30.4 Å². The maximum Gasteiger partial charge on any atom is 0.161 e. The van der Waals surface area contributed by atoms with Crippen LogP contribution in [0.25, 0.3) is 22.2 Å². The van der Waals surface area contributed by atoms with Crippen LogP contribution in [0.4, 0.5) is 0 Å². The SMILES string of the molecule is COc1cc2c(cc1OC)-c1c(c3cc(OCCN4CCCCC4)ccc3n1C)C2=NO.Cl. The summed E-state index contributed by atoms with van der Waals surface area (Å²) in [7, 11) is 5.25. The van der Waals surface area contributed by atoms with E-state index in [9.17, 15) is 5.21 Å². The molecule has 1 aliphatic heterocycles. The molecule has 0 bridgehead atoms. The lowest BCUT2D eigenvalue weighted by Crippen LogP contribution is -2.33. The highest BCUT2D eigenvalue weighted by Gasteiger charge is 2.33. The number of aromatic nitrogens is 1. The van der Waals surface area contributed by atoms with Gasteiger partial charge in [0.05, 0.1) is 19.9 Å². The van der Waals surface area contributed by atoms with Crippen molar-refractivity contribution in [2.24, 2.45) is 12.2 Å². The summed E-state index contributed by atoms with van der Waals surface area (Å²) in [6.45, 7) is 3.93. The van der Waals surface area contributed by atoms with Gasteiger partial charge in [-0.05, 0) is 56.3 Å². The van der Waals surface area contributed by atoms with Crippen LogP contribution in [0, 0.1) is 0 Å². The highest BCUT2D eigenvalue weighted by atomic mass is 35.5. The zero-order valence-electron chi connectivity index (χ0n) is 19.3. The van der Waals surface area contributed by atoms with E-state index in [1.807, 2.05) is 25.2 Å². The molecule has 7 nitrogen and oxygen atoms in total. The minimum absolute atomic E-state index is 0. The van der Waals surface area contributed by atoms with Gasteiger partial charge in [0.1, 0.15) is 18.1 Å². The summed E-state index contributed by atoms with van der Waals surface area (Å²) in [5, 5.41) is 14.6. The quantitative estimate of drug-likeness (QED) is 0.326. The Morgan fingerprint density at radius 3 is 2.33 bits per heavy atom. The molecule has 2 aromatic carbocycles. The molecule has 0 atom stereocenters. The normalized spacial score (nSPS) is 16.4. The summed E-state index contributed by atoms with van der Waals surface area (Å²) in [5.74, 6) is 2.07. The number of aryl methyl sites for hydroxylation is 1. The van der Waals surface area contributed by atoms with Gasteiger partial charge in [0.2, 0.25) is 0 Å². The maximum absolute atomic E-state index is 9.94. The number of rotatable bonds is 6. The molecule has 0 radical (unpaired) electrons. The third kappa shape index (κ3) is 3.89. The van der Waals surface area contributed by atoms with Gasteiger partial charge in [-0.25, -0.2) is 0 Å². The minimum Gasteiger partial charge on any atom is -0.493 e. The van der Waals surface area contributed by atoms with Gasteiger partial charge in [0.15, 0.2) is 11.5 Å². The highest BCUT2D eigenvalue weighted by molar-refractivity contribution is 6.30. The molecule has 1 aromatic heterocycles. The van der Waals surface area contributed by atoms with E-state index in [1.54, 1.807) is 14.2 Å². The number of nitrogens with zero attached hydrogens (tertiary/aromatic N) is 3. The number of hydrogen-bond acceptors (Lipinski definition) is 6. The molecule has 1 saturated heterocycles. The first-order valence-electron chi connectivity index (χ1n) is 11.1. The van der Waals surface area contributed by atoms with E-state index in [2.05, 4.69) is 26.8 Å². The number of piperidine rings is 1. The predicted molar refractivity (Wildman–Crippen MR) is 132 cm³/mol. The van der Waals surface area contributed by atoms with Crippen molar-refractivity contribution in [2.45, 2.75) is 19.3 Å². The van der Waals surface area contributed by atoms with E-state index in [-0.39, 0.29) is 12.4 Å². The third-order valence-corrected chi connectivity index (χ3v) is 6.67. The molecular formula is C25H30ClN3O4. The monoisotopic (exact) mass is 471 g/mol. The molecule has 2 aliphatic rings. The molecule has 0 unspecified atom stereocenters. The van der Waals surface area contributed by atoms with Crippen molar-refractivity contribution in [3.8, 4) is 28.5 Å². The lowest BCUT2D eigenvalue weighted by atomic mass is 10.1. The molecule has 8 heteroatoms. The first-order chi connectivity index (χ1) is 15.7. The molecule has 1 fully saturated rings. The standard InChI is InChI=1S/C25H29N3O4.ClH/c1-27-20-8-7-16(32-12-11-28-9-5-4-6-10-28)13-19(20)23-24(26-29)17-14-21(30-2)22(31-3)15-18(17)25(23)27;/h7-8,13-15,29H,4-6,9-12H2,1-3H3;1H. The zero-order valence-corrected chi connectivity index (χ0v) is 20.1. The van der Waals surface area contributed by atoms with Gasteiger partial charge in [-0.2, -0.15) is 0 Å². The summed E-state index contributed by atoms with van der Waals surface area (Å²) in [4.78, 5) is 2.47. The zero-order chi connectivity index (χ0) is 22.2. The van der Waals surface area contributed by atoms with Crippen molar-refractivity contribution in [1.82, 2.24) is 9.47 Å². The Kier molecular flexibility index (Phi) is 6.72. The highest BCUT2D eigenvalue weighted by Crippen LogP contribution is 2.47.